The molecule has 7 nitrogen and oxygen atoms in total. The summed E-state index contributed by atoms with van der Waals surface area (Å²) in [5.74, 6) is 0.0311. The number of nitrogens with zero attached hydrogens (tertiary/aromatic N) is 4. The first kappa shape index (κ1) is 18.5. The molecule has 0 spiro atoms. The minimum absolute atomic E-state index is 0.0311. The number of nitrogens with one attached hydrogen (secondary N) is 1. The highest BCUT2D eigenvalue weighted by molar-refractivity contribution is 6.32. The van der Waals surface area contributed by atoms with Crippen molar-refractivity contribution in [1.82, 2.24) is 14.7 Å². The first-order chi connectivity index (χ1) is 12.5. The summed E-state index contributed by atoms with van der Waals surface area (Å²) in [6, 6.07) is 6.01. The molecule has 0 bridgehead atoms. The number of halogens is 1. The molecule has 1 unspecified atom stereocenters. The first-order valence-electron chi connectivity index (χ1n) is 8.74. The Morgan fingerprint density at radius 2 is 1.96 bits per heavy atom. The number of nitriles is 1. The number of carbonyl (C=O) groups is 2. The number of piperazine rings is 1. The molecule has 0 aliphatic carbocycles. The van der Waals surface area contributed by atoms with Crippen LogP contribution in [0.5, 0.6) is 0 Å². The second-order valence-electron chi connectivity index (χ2n) is 6.72. The lowest BCUT2D eigenvalue weighted by Gasteiger charge is -2.35. The number of likely N-dealkylation sites (N-methyl/N-ethyl adjacent to an activating group) is 1. The van der Waals surface area contributed by atoms with Crippen LogP contribution in [0.15, 0.2) is 18.2 Å². The number of hydrogen-bond acceptors (Lipinski definition) is 4. The van der Waals surface area contributed by atoms with E-state index in [9.17, 15) is 9.59 Å². The van der Waals surface area contributed by atoms with Gasteiger partial charge in [-0.1, -0.05) is 11.6 Å². The number of hydrogen-bond donors (Lipinski definition) is 1. The second-order valence-corrected chi connectivity index (χ2v) is 7.12. The van der Waals surface area contributed by atoms with Gasteiger partial charge in [0.1, 0.15) is 12.1 Å². The molecule has 0 radical (unpaired) electrons. The Balaban J connectivity index is 1.65. The minimum Gasteiger partial charge on any atom is -0.338 e. The van der Waals surface area contributed by atoms with Crippen LogP contribution in [0.1, 0.15) is 18.4 Å². The van der Waals surface area contributed by atoms with Crippen molar-refractivity contribution in [2.24, 2.45) is 0 Å². The van der Waals surface area contributed by atoms with Crippen LogP contribution in [0.25, 0.3) is 0 Å². The summed E-state index contributed by atoms with van der Waals surface area (Å²) in [6.07, 6.45) is 1.50. The van der Waals surface area contributed by atoms with Crippen LogP contribution >= 0.6 is 11.6 Å². The van der Waals surface area contributed by atoms with E-state index in [0.29, 0.717) is 37.3 Å². The van der Waals surface area contributed by atoms with Crippen molar-refractivity contribution in [2.75, 3.05) is 45.1 Å². The number of rotatable bonds is 2. The van der Waals surface area contributed by atoms with Gasteiger partial charge in [0.2, 0.25) is 5.91 Å². The van der Waals surface area contributed by atoms with Gasteiger partial charge in [-0.15, -0.1) is 0 Å². The number of carbonyl (C=O) groups excluding carboxylic acids is 2. The summed E-state index contributed by atoms with van der Waals surface area (Å²) in [5.41, 5.74) is 0.866. The van der Waals surface area contributed by atoms with E-state index in [0.717, 1.165) is 19.5 Å². The molecule has 2 saturated heterocycles. The van der Waals surface area contributed by atoms with E-state index in [1.165, 1.54) is 0 Å². The molecule has 0 saturated carbocycles. The van der Waals surface area contributed by atoms with Gasteiger partial charge in [0, 0.05) is 38.4 Å². The summed E-state index contributed by atoms with van der Waals surface area (Å²) in [6.45, 7) is 3.67. The minimum atomic E-state index is -0.410. The van der Waals surface area contributed by atoms with E-state index in [4.69, 9.17) is 16.9 Å². The third-order valence-corrected chi connectivity index (χ3v) is 5.27. The van der Waals surface area contributed by atoms with Gasteiger partial charge < -0.3 is 20.0 Å². The van der Waals surface area contributed by atoms with Crippen LogP contribution in [-0.2, 0) is 4.79 Å². The molecule has 138 valence electrons. The fraction of sp³-hybridized carbons (Fsp3) is 0.500. The predicted molar refractivity (Wildman–Crippen MR) is 99.0 cm³/mol. The maximum absolute atomic E-state index is 12.8. The van der Waals surface area contributed by atoms with Crippen molar-refractivity contribution < 1.29 is 9.59 Å². The van der Waals surface area contributed by atoms with E-state index in [1.54, 1.807) is 23.1 Å². The molecule has 3 rings (SSSR count). The Morgan fingerprint density at radius 3 is 2.62 bits per heavy atom. The number of urea groups is 1. The van der Waals surface area contributed by atoms with E-state index in [-0.39, 0.29) is 17.0 Å². The molecular weight excluding hydrogens is 354 g/mol. The predicted octanol–water partition coefficient (Wildman–Crippen LogP) is 1.98. The summed E-state index contributed by atoms with van der Waals surface area (Å²) in [7, 11) is 2.04. The van der Waals surface area contributed by atoms with Crippen molar-refractivity contribution >= 4 is 29.2 Å². The maximum Gasteiger partial charge on any atom is 0.322 e. The SMILES string of the molecule is CN1CCN(C(=O)C2CCCN2C(=O)Nc2ccc(C#N)c(Cl)c2)CC1. The molecule has 1 aromatic rings. The van der Waals surface area contributed by atoms with Crippen LogP contribution < -0.4 is 5.32 Å². The average Bonchev–Trinajstić information content (AvgIpc) is 3.12. The monoisotopic (exact) mass is 375 g/mol. The second kappa shape index (κ2) is 7.94. The van der Waals surface area contributed by atoms with Gasteiger partial charge in [-0.3, -0.25) is 4.79 Å². The molecule has 26 heavy (non-hydrogen) atoms. The lowest BCUT2D eigenvalue weighted by Crippen LogP contribution is -2.54. The van der Waals surface area contributed by atoms with Gasteiger partial charge >= 0.3 is 6.03 Å². The summed E-state index contributed by atoms with van der Waals surface area (Å²) in [5, 5.41) is 12.0. The zero-order chi connectivity index (χ0) is 18.7. The third kappa shape index (κ3) is 3.92. The zero-order valence-electron chi connectivity index (χ0n) is 14.7. The van der Waals surface area contributed by atoms with Gasteiger partial charge in [-0.05, 0) is 38.1 Å². The van der Waals surface area contributed by atoms with Crippen molar-refractivity contribution in [2.45, 2.75) is 18.9 Å². The Hall–Kier alpha value is -2.30. The molecule has 8 heteroatoms. The van der Waals surface area contributed by atoms with Crippen LogP contribution in [0.4, 0.5) is 10.5 Å². The molecule has 1 aromatic carbocycles. The van der Waals surface area contributed by atoms with Crippen molar-refractivity contribution in [3.63, 3.8) is 0 Å². The van der Waals surface area contributed by atoms with Crippen molar-refractivity contribution in [3.05, 3.63) is 28.8 Å². The molecule has 1 atom stereocenters. The largest absolute Gasteiger partial charge is 0.338 e. The molecule has 0 aromatic heterocycles. The molecule has 2 aliphatic rings. The standard InChI is InChI=1S/C18H22ClN5O2/c1-22-7-9-23(10-8-22)17(25)16-3-2-6-24(16)18(26)21-14-5-4-13(12-20)15(19)11-14/h4-5,11,16H,2-3,6-10H2,1H3,(H,21,26). The highest BCUT2D eigenvalue weighted by Crippen LogP contribution is 2.24. The average molecular weight is 376 g/mol. The van der Waals surface area contributed by atoms with Gasteiger partial charge in [-0.2, -0.15) is 5.26 Å². The topological polar surface area (TPSA) is 79.7 Å². The Kier molecular flexibility index (Phi) is 5.64. The number of likely N-dealkylation sites (tertiary alicyclic amines) is 1. The summed E-state index contributed by atoms with van der Waals surface area (Å²) >= 11 is 6.01. The van der Waals surface area contributed by atoms with E-state index >= 15 is 0 Å². The number of benzene rings is 1. The number of anilines is 1. The zero-order valence-corrected chi connectivity index (χ0v) is 15.5. The highest BCUT2D eigenvalue weighted by Gasteiger charge is 2.37. The van der Waals surface area contributed by atoms with Gasteiger partial charge in [0.15, 0.2) is 0 Å². The lowest BCUT2D eigenvalue weighted by atomic mass is 10.1. The molecule has 2 heterocycles. The Labute approximate surface area is 158 Å². The van der Waals surface area contributed by atoms with Crippen LogP contribution in [0.2, 0.25) is 5.02 Å². The quantitative estimate of drug-likeness (QED) is 0.857. The van der Waals surface area contributed by atoms with Gasteiger partial charge in [0.05, 0.1) is 10.6 Å². The first-order valence-corrected chi connectivity index (χ1v) is 9.12. The molecule has 2 fully saturated rings. The molecule has 3 amide bonds. The maximum atomic E-state index is 12.8. The van der Waals surface area contributed by atoms with E-state index in [1.807, 2.05) is 18.0 Å². The van der Waals surface area contributed by atoms with Gasteiger partial charge in [0.25, 0.3) is 0 Å². The lowest BCUT2D eigenvalue weighted by molar-refractivity contribution is -0.136. The Morgan fingerprint density at radius 1 is 1.23 bits per heavy atom. The van der Waals surface area contributed by atoms with Gasteiger partial charge in [-0.25, -0.2) is 4.79 Å². The van der Waals surface area contributed by atoms with Crippen molar-refractivity contribution in [1.29, 1.82) is 5.26 Å². The number of amides is 3. The van der Waals surface area contributed by atoms with Crippen molar-refractivity contribution in [3.8, 4) is 6.07 Å². The summed E-state index contributed by atoms with van der Waals surface area (Å²) in [4.78, 5) is 31.2. The molecule has 1 N–H and O–H groups in total. The van der Waals surface area contributed by atoms with Crippen LogP contribution in [-0.4, -0.2) is 72.5 Å². The molecule has 2 aliphatic heterocycles. The normalized spacial score (nSPS) is 20.7. The molecular formula is C18H22ClN5O2. The fourth-order valence-electron chi connectivity index (χ4n) is 3.38. The van der Waals surface area contributed by atoms with Crippen LogP contribution in [0, 0.1) is 11.3 Å². The smallest absolute Gasteiger partial charge is 0.322 e. The van der Waals surface area contributed by atoms with Crippen LogP contribution in [0.3, 0.4) is 0 Å². The Bertz CT molecular complexity index is 740. The third-order valence-electron chi connectivity index (χ3n) is 4.95. The van der Waals surface area contributed by atoms with E-state index < -0.39 is 6.04 Å². The summed E-state index contributed by atoms with van der Waals surface area (Å²) < 4.78 is 0. The van der Waals surface area contributed by atoms with E-state index in [2.05, 4.69) is 10.2 Å². The highest BCUT2D eigenvalue weighted by atomic mass is 35.5. The fourth-order valence-corrected chi connectivity index (χ4v) is 3.61.